The molecule has 0 fully saturated rings. The standard InChI is InChI=1S/C8H17N/c1-5-7(2)6-8(3,4)9/h5,7H,1,6,9H2,2-4H3. The summed E-state index contributed by atoms with van der Waals surface area (Å²) in [6.07, 6.45) is 2.95. The van der Waals surface area contributed by atoms with Gasteiger partial charge in [-0.1, -0.05) is 13.0 Å². The van der Waals surface area contributed by atoms with E-state index in [2.05, 4.69) is 13.5 Å². The summed E-state index contributed by atoms with van der Waals surface area (Å²) in [6, 6.07) is 0. The van der Waals surface area contributed by atoms with Crippen LogP contribution in [0.1, 0.15) is 27.2 Å². The number of hydrogen-bond donors (Lipinski definition) is 1. The minimum absolute atomic E-state index is 0.0480. The largest absolute Gasteiger partial charge is 0.326 e. The van der Waals surface area contributed by atoms with Crippen molar-refractivity contribution in [1.82, 2.24) is 0 Å². The van der Waals surface area contributed by atoms with Crippen molar-refractivity contribution in [2.45, 2.75) is 32.7 Å². The van der Waals surface area contributed by atoms with E-state index in [0.717, 1.165) is 6.42 Å². The number of allylic oxidation sites excluding steroid dienone is 1. The molecule has 0 rings (SSSR count). The zero-order valence-electron chi connectivity index (χ0n) is 6.65. The highest BCUT2D eigenvalue weighted by Gasteiger charge is 2.12. The summed E-state index contributed by atoms with van der Waals surface area (Å²) >= 11 is 0. The van der Waals surface area contributed by atoms with Crippen LogP contribution in [-0.2, 0) is 0 Å². The second-order valence-electron chi connectivity index (χ2n) is 3.41. The van der Waals surface area contributed by atoms with Gasteiger partial charge in [0.15, 0.2) is 0 Å². The summed E-state index contributed by atoms with van der Waals surface area (Å²) in [4.78, 5) is 0. The lowest BCUT2D eigenvalue weighted by Crippen LogP contribution is -2.33. The Morgan fingerprint density at radius 2 is 2.11 bits per heavy atom. The van der Waals surface area contributed by atoms with Crippen LogP contribution in [0.5, 0.6) is 0 Å². The first kappa shape index (κ1) is 8.70. The second-order valence-corrected chi connectivity index (χ2v) is 3.41. The van der Waals surface area contributed by atoms with Crippen LogP contribution in [0.25, 0.3) is 0 Å². The molecule has 0 saturated heterocycles. The molecular weight excluding hydrogens is 110 g/mol. The monoisotopic (exact) mass is 127 g/mol. The third kappa shape index (κ3) is 5.57. The molecule has 9 heavy (non-hydrogen) atoms. The molecule has 0 aliphatic heterocycles. The summed E-state index contributed by atoms with van der Waals surface area (Å²) in [7, 11) is 0. The quantitative estimate of drug-likeness (QED) is 0.576. The van der Waals surface area contributed by atoms with Crippen molar-refractivity contribution in [1.29, 1.82) is 0 Å². The average molecular weight is 127 g/mol. The Hall–Kier alpha value is -0.300. The number of hydrogen-bond acceptors (Lipinski definition) is 1. The molecule has 1 unspecified atom stereocenters. The van der Waals surface area contributed by atoms with Crippen molar-refractivity contribution in [3.05, 3.63) is 12.7 Å². The average Bonchev–Trinajstić information content (AvgIpc) is 1.62. The van der Waals surface area contributed by atoms with Crippen LogP contribution in [-0.4, -0.2) is 5.54 Å². The summed E-state index contributed by atoms with van der Waals surface area (Å²) < 4.78 is 0. The van der Waals surface area contributed by atoms with Gasteiger partial charge < -0.3 is 5.73 Å². The first-order valence-corrected chi connectivity index (χ1v) is 3.37. The van der Waals surface area contributed by atoms with E-state index in [1.807, 2.05) is 19.9 Å². The Morgan fingerprint density at radius 3 is 2.22 bits per heavy atom. The van der Waals surface area contributed by atoms with Gasteiger partial charge in [0.05, 0.1) is 0 Å². The molecule has 0 heterocycles. The fourth-order valence-corrected chi connectivity index (χ4v) is 0.913. The molecule has 0 aromatic heterocycles. The molecule has 1 atom stereocenters. The Morgan fingerprint density at radius 1 is 1.67 bits per heavy atom. The van der Waals surface area contributed by atoms with Crippen LogP contribution >= 0.6 is 0 Å². The summed E-state index contributed by atoms with van der Waals surface area (Å²) in [5, 5.41) is 0. The SMILES string of the molecule is C=CC(C)CC(C)(C)N. The van der Waals surface area contributed by atoms with Gasteiger partial charge in [-0.2, -0.15) is 0 Å². The van der Waals surface area contributed by atoms with Gasteiger partial charge in [-0.05, 0) is 26.2 Å². The molecule has 0 amide bonds. The normalized spacial score (nSPS) is 15.1. The smallest absolute Gasteiger partial charge is 0.0103 e. The lowest BCUT2D eigenvalue weighted by molar-refractivity contribution is 0.423. The van der Waals surface area contributed by atoms with Gasteiger partial charge in [0.1, 0.15) is 0 Å². The molecule has 0 aliphatic carbocycles. The molecule has 2 N–H and O–H groups in total. The van der Waals surface area contributed by atoms with Crippen LogP contribution in [0, 0.1) is 5.92 Å². The van der Waals surface area contributed by atoms with Gasteiger partial charge >= 0.3 is 0 Å². The van der Waals surface area contributed by atoms with Gasteiger partial charge in [-0.3, -0.25) is 0 Å². The van der Waals surface area contributed by atoms with Crippen molar-refractivity contribution in [3.8, 4) is 0 Å². The van der Waals surface area contributed by atoms with Crippen molar-refractivity contribution in [3.63, 3.8) is 0 Å². The van der Waals surface area contributed by atoms with Crippen LogP contribution < -0.4 is 5.73 Å². The van der Waals surface area contributed by atoms with Crippen molar-refractivity contribution in [2.24, 2.45) is 11.7 Å². The van der Waals surface area contributed by atoms with Crippen LogP contribution in [0.2, 0.25) is 0 Å². The zero-order valence-corrected chi connectivity index (χ0v) is 6.65. The van der Waals surface area contributed by atoms with Gasteiger partial charge in [-0.15, -0.1) is 6.58 Å². The van der Waals surface area contributed by atoms with Crippen molar-refractivity contribution in [2.75, 3.05) is 0 Å². The molecule has 1 nitrogen and oxygen atoms in total. The molecule has 0 radical (unpaired) electrons. The second kappa shape index (κ2) is 3.02. The molecule has 0 aromatic rings. The maximum Gasteiger partial charge on any atom is 0.0103 e. The molecular formula is C8H17N. The van der Waals surface area contributed by atoms with Crippen molar-refractivity contribution >= 4 is 0 Å². The number of nitrogens with two attached hydrogens (primary N) is 1. The van der Waals surface area contributed by atoms with E-state index in [1.165, 1.54) is 0 Å². The summed E-state index contributed by atoms with van der Waals surface area (Å²) in [5.41, 5.74) is 5.72. The zero-order chi connectivity index (χ0) is 7.49. The third-order valence-electron chi connectivity index (χ3n) is 1.25. The summed E-state index contributed by atoms with van der Waals surface area (Å²) in [5.74, 6) is 0.532. The molecule has 1 heteroatoms. The minimum Gasteiger partial charge on any atom is -0.326 e. The fourth-order valence-electron chi connectivity index (χ4n) is 0.913. The van der Waals surface area contributed by atoms with Gasteiger partial charge in [-0.25, -0.2) is 0 Å². The maximum absolute atomic E-state index is 5.76. The Bertz CT molecular complexity index is 89.2. The highest BCUT2D eigenvalue weighted by atomic mass is 14.7. The van der Waals surface area contributed by atoms with Crippen LogP contribution in [0.15, 0.2) is 12.7 Å². The number of rotatable bonds is 3. The lowest BCUT2D eigenvalue weighted by Gasteiger charge is -2.20. The van der Waals surface area contributed by atoms with E-state index in [9.17, 15) is 0 Å². The van der Waals surface area contributed by atoms with E-state index < -0.39 is 0 Å². The molecule has 0 aliphatic rings. The van der Waals surface area contributed by atoms with E-state index in [1.54, 1.807) is 0 Å². The van der Waals surface area contributed by atoms with Gasteiger partial charge in [0, 0.05) is 5.54 Å². The van der Waals surface area contributed by atoms with E-state index >= 15 is 0 Å². The third-order valence-corrected chi connectivity index (χ3v) is 1.25. The summed E-state index contributed by atoms with van der Waals surface area (Å²) in [6.45, 7) is 9.89. The molecule has 0 saturated carbocycles. The molecule has 0 aromatic carbocycles. The lowest BCUT2D eigenvalue weighted by atomic mass is 9.93. The highest BCUT2D eigenvalue weighted by molar-refractivity contribution is 4.83. The van der Waals surface area contributed by atoms with Gasteiger partial charge in [0.2, 0.25) is 0 Å². The molecule has 0 bridgehead atoms. The Labute approximate surface area is 57.9 Å². The van der Waals surface area contributed by atoms with Gasteiger partial charge in [0.25, 0.3) is 0 Å². The minimum atomic E-state index is -0.0480. The van der Waals surface area contributed by atoms with Crippen LogP contribution in [0.4, 0.5) is 0 Å². The topological polar surface area (TPSA) is 26.0 Å². The first-order chi connectivity index (χ1) is 3.95. The predicted octanol–water partition coefficient (Wildman–Crippen LogP) is 1.94. The van der Waals surface area contributed by atoms with E-state index in [-0.39, 0.29) is 5.54 Å². The van der Waals surface area contributed by atoms with Crippen LogP contribution in [0.3, 0.4) is 0 Å². The molecule has 54 valence electrons. The van der Waals surface area contributed by atoms with E-state index in [4.69, 9.17) is 5.73 Å². The van der Waals surface area contributed by atoms with E-state index in [0.29, 0.717) is 5.92 Å². The first-order valence-electron chi connectivity index (χ1n) is 3.37. The van der Waals surface area contributed by atoms with Crippen molar-refractivity contribution < 1.29 is 0 Å². The fraction of sp³-hybridized carbons (Fsp3) is 0.750. The predicted molar refractivity (Wildman–Crippen MR) is 42.2 cm³/mol. The highest BCUT2D eigenvalue weighted by Crippen LogP contribution is 2.12. The maximum atomic E-state index is 5.76. The molecule has 0 spiro atoms. The Balaban J connectivity index is 3.59. The Kier molecular flexibility index (Phi) is 2.92.